The van der Waals surface area contributed by atoms with Gasteiger partial charge in [-0.2, -0.15) is 0 Å². The van der Waals surface area contributed by atoms with Crippen molar-refractivity contribution in [2.24, 2.45) is 5.84 Å². The summed E-state index contributed by atoms with van der Waals surface area (Å²) in [4.78, 5) is 3.69. The van der Waals surface area contributed by atoms with Gasteiger partial charge in [0.25, 0.3) is 0 Å². The number of aliphatic hydroxyl groups is 1. The minimum Gasteiger partial charge on any atom is -0.392 e. The van der Waals surface area contributed by atoms with E-state index in [0.717, 1.165) is 26.1 Å². The van der Waals surface area contributed by atoms with Gasteiger partial charge in [0.1, 0.15) is 0 Å². The molecule has 5 heteroatoms. The van der Waals surface area contributed by atoms with E-state index < -0.39 is 0 Å². The zero-order chi connectivity index (χ0) is 11.1. The number of nitrogens with one attached hydrogen (secondary N) is 1. The van der Waals surface area contributed by atoms with Gasteiger partial charge in [-0.25, -0.2) is 0 Å². The molecule has 1 aromatic heterocycles. The summed E-state index contributed by atoms with van der Waals surface area (Å²) in [6, 6.07) is 4.22. The maximum atomic E-state index is 9.29. The van der Waals surface area contributed by atoms with Crippen LogP contribution in [0, 0.1) is 0 Å². The van der Waals surface area contributed by atoms with Gasteiger partial charge < -0.3 is 5.11 Å². The van der Waals surface area contributed by atoms with E-state index in [2.05, 4.69) is 33.7 Å². The Hall–Kier alpha value is -0.460. The summed E-state index contributed by atoms with van der Waals surface area (Å²) in [5, 5.41) is 11.4. The van der Waals surface area contributed by atoms with Crippen molar-refractivity contribution in [3.8, 4) is 0 Å². The van der Waals surface area contributed by atoms with E-state index >= 15 is 0 Å². The van der Waals surface area contributed by atoms with Crippen LogP contribution in [0.1, 0.15) is 11.3 Å². The molecule has 4 N–H and O–H groups in total. The number of β-amino-alcohol motifs (C(OH)–C–C–N with tert-alkyl or cyclic N) is 1. The Bertz CT molecular complexity index is 253. The lowest BCUT2D eigenvalue weighted by molar-refractivity contribution is 0.175. The van der Waals surface area contributed by atoms with Gasteiger partial charge in [-0.1, -0.05) is 6.07 Å². The van der Waals surface area contributed by atoms with Crippen molar-refractivity contribution in [1.29, 1.82) is 0 Å². The van der Waals surface area contributed by atoms with E-state index in [-0.39, 0.29) is 6.10 Å². The minimum absolute atomic E-state index is 0.0926. The van der Waals surface area contributed by atoms with Crippen molar-refractivity contribution < 1.29 is 5.11 Å². The topological polar surface area (TPSA) is 61.5 Å². The molecule has 1 atom stereocenters. The zero-order valence-corrected chi connectivity index (χ0v) is 9.83. The van der Waals surface area contributed by atoms with Crippen LogP contribution < -0.4 is 11.3 Å². The zero-order valence-electron chi connectivity index (χ0n) is 9.02. The molecule has 0 radical (unpaired) electrons. The second-order valence-electron chi connectivity index (χ2n) is 3.55. The number of nitrogens with two attached hydrogens (primary N) is 1. The predicted octanol–water partition coefficient (Wildman–Crippen LogP) is 0.394. The van der Waals surface area contributed by atoms with Crippen molar-refractivity contribution >= 4 is 11.3 Å². The number of hydrazine groups is 1. The second kappa shape index (κ2) is 6.92. The molecule has 1 aromatic rings. The van der Waals surface area contributed by atoms with Gasteiger partial charge in [0.05, 0.1) is 6.10 Å². The normalized spacial score (nSPS) is 21.1. The second-order valence-corrected chi connectivity index (χ2v) is 4.58. The van der Waals surface area contributed by atoms with E-state index in [4.69, 9.17) is 0 Å². The molecule has 1 saturated heterocycles. The Morgan fingerprint density at radius 2 is 2.47 bits per heavy atom. The molecule has 1 aliphatic rings. The number of aliphatic hydroxyl groups excluding tert-OH is 1. The summed E-state index contributed by atoms with van der Waals surface area (Å²) >= 11 is 1.79. The van der Waals surface area contributed by atoms with Gasteiger partial charge in [0, 0.05) is 24.5 Å². The molecule has 15 heavy (non-hydrogen) atoms. The van der Waals surface area contributed by atoms with Crippen LogP contribution in [0.15, 0.2) is 17.5 Å². The Balaban J connectivity index is 0.000000337. The number of hydrogen-bond acceptors (Lipinski definition) is 5. The highest BCUT2D eigenvalue weighted by Crippen LogP contribution is 2.16. The molecule has 0 spiro atoms. The highest BCUT2D eigenvalue weighted by molar-refractivity contribution is 7.09. The monoisotopic (exact) mass is 229 g/mol. The first-order valence-corrected chi connectivity index (χ1v) is 5.94. The van der Waals surface area contributed by atoms with Gasteiger partial charge in [0.2, 0.25) is 0 Å². The van der Waals surface area contributed by atoms with Crippen LogP contribution in [0.2, 0.25) is 0 Å². The number of hydrogen-bond donors (Lipinski definition) is 3. The molecule has 1 fully saturated rings. The molecular formula is C10H19N3OS. The van der Waals surface area contributed by atoms with Crippen LogP contribution in [0.3, 0.4) is 0 Å². The third-order valence-electron chi connectivity index (χ3n) is 2.21. The third kappa shape index (κ3) is 4.72. The summed E-state index contributed by atoms with van der Waals surface area (Å²) in [5.74, 6) is 4.60. The lowest BCUT2D eigenvalue weighted by atomic mass is 10.3. The molecule has 0 aliphatic carbocycles. The van der Waals surface area contributed by atoms with Crippen LogP contribution in [0.4, 0.5) is 0 Å². The van der Waals surface area contributed by atoms with Gasteiger partial charge in [0.15, 0.2) is 0 Å². The molecule has 2 heterocycles. The van der Waals surface area contributed by atoms with Crippen molar-refractivity contribution in [3.63, 3.8) is 0 Å². The number of thiophene rings is 1. The quantitative estimate of drug-likeness (QED) is 0.507. The van der Waals surface area contributed by atoms with Crippen LogP contribution >= 0.6 is 11.3 Å². The summed E-state index contributed by atoms with van der Waals surface area (Å²) in [5.41, 5.74) is 2.25. The number of likely N-dealkylation sites (tertiary alicyclic amines) is 1. The number of rotatable bonds is 2. The standard InChI is InChI=1S/C9H13NOS.CH6N2/c11-8-3-4-10(6-8)7-9-2-1-5-12-9;1-3-2/h1-2,5,8,11H,3-4,6-7H2;3H,2H2,1H3. The largest absolute Gasteiger partial charge is 0.392 e. The SMILES string of the molecule is CNN.OC1CCN(Cc2cccs2)C1. The lowest BCUT2D eigenvalue weighted by Gasteiger charge is -2.12. The van der Waals surface area contributed by atoms with Crippen LogP contribution in [-0.2, 0) is 6.54 Å². The molecule has 86 valence electrons. The number of nitrogens with zero attached hydrogens (tertiary/aromatic N) is 1. The van der Waals surface area contributed by atoms with E-state index in [1.54, 1.807) is 18.4 Å². The van der Waals surface area contributed by atoms with Gasteiger partial charge in [-0.3, -0.25) is 16.2 Å². The highest BCUT2D eigenvalue weighted by Gasteiger charge is 2.19. The Kier molecular flexibility index (Phi) is 5.82. The van der Waals surface area contributed by atoms with Crippen molar-refractivity contribution in [3.05, 3.63) is 22.4 Å². The molecule has 0 saturated carbocycles. The van der Waals surface area contributed by atoms with Gasteiger partial charge >= 0.3 is 0 Å². The van der Waals surface area contributed by atoms with E-state index in [1.165, 1.54) is 4.88 Å². The summed E-state index contributed by atoms with van der Waals surface area (Å²) in [6.07, 6.45) is 0.843. The van der Waals surface area contributed by atoms with Crippen LogP contribution in [0.5, 0.6) is 0 Å². The fourth-order valence-electron chi connectivity index (χ4n) is 1.58. The Morgan fingerprint density at radius 3 is 2.93 bits per heavy atom. The molecule has 1 unspecified atom stereocenters. The van der Waals surface area contributed by atoms with Crippen LogP contribution in [0.25, 0.3) is 0 Å². The summed E-state index contributed by atoms with van der Waals surface area (Å²) in [6.45, 7) is 2.89. The molecular weight excluding hydrogens is 210 g/mol. The summed E-state index contributed by atoms with van der Waals surface area (Å²) in [7, 11) is 1.65. The van der Waals surface area contributed by atoms with E-state index in [0.29, 0.717) is 0 Å². The first-order chi connectivity index (χ1) is 7.26. The first kappa shape index (κ1) is 12.6. The Labute approximate surface area is 94.7 Å². The smallest absolute Gasteiger partial charge is 0.0679 e. The Morgan fingerprint density at radius 1 is 1.73 bits per heavy atom. The van der Waals surface area contributed by atoms with Crippen molar-refractivity contribution in [2.75, 3.05) is 20.1 Å². The lowest BCUT2D eigenvalue weighted by Crippen LogP contribution is -2.20. The molecule has 1 aliphatic heterocycles. The minimum atomic E-state index is -0.0926. The molecule has 0 amide bonds. The fraction of sp³-hybridized carbons (Fsp3) is 0.600. The summed E-state index contributed by atoms with van der Waals surface area (Å²) < 4.78 is 0. The third-order valence-corrected chi connectivity index (χ3v) is 3.07. The molecule has 0 aromatic carbocycles. The highest BCUT2D eigenvalue weighted by atomic mass is 32.1. The molecule has 0 bridgehead atoms. The van der Waals surface area contributed by atoms with E-state index in [1.807, 2.05) is 0 Å². The maximum absolute atomic E-state index is 9.29. The fourth-order valence-corrected chi connectivity index (χ4v) is 2.32. The molecule has 2 rings (SSSR count). The first-order valence-electron chi connectivity index (χ1n) is 5.06. The van der Waals surface area contributed by atoms with E-state index in [9.17, 15) is 5.11 Å². The maximum Gasteiger partial charge on any atom is 0.0679 e. The van der Waals surface area contributed by atoms with Gasteiger partial charge in [-0.05, 0) is 24.9 Å². The van der Waals surface area contributed by atoms with Crippen LogP contribution in [-0.4, -0.2) is 36.2 Å². The average molecular weight is 229 g/mol. The molecule has 4 nitrogen and oxygen atoms in total. The predicted molar refractivity (Wildman–Crippen MR) is 63.5 cm³/mol. The van der Waals surface area contributed by atoms with Crippen molar-refractivity contribution in [2.45, 2.75) is 19.1 Å². The van der Waals surface area contributed by atoms with Crippen molar-refractivity contribution in [1.82, 2.24) is 10.3 Å². The average Bonchev–Trinajstić information content (AvgIpc) is 2.80. The van der Waals surface area contributed by atoms with Gasteiger partial charge in [-0.15, -0.1) is 11.3 Å².